The predicted octanol–water partition coefficient (Wildman–Crippen LogP) is 3.94. The Labute approximate surface area is 128 Å². The smallest absolute Gasteiger partial charge is 0.203 e. The molecule has 1 aromatic carbocycles. The molecule has 0 aromatic heterocycles. The third kappa shape index (κ3) is 4.81. The van der Waals surface area contributed by atoms with E-state index in [4.69, 9.17) is 14.2 Å². The molecule has 0 bridgehead atoms. The zero-order valence-electron chi connectivity index (χ0n) is 14.2. The number of benzene rings is 1. The fourth-order valence-electron chi connectivity index (χ4n) is 2.47. The fraction of sp³-hybridized carbons (Fsp3) is 0.647. The van der Waals surface area contributed by atoms with Crippen molar-refractivity contribution in [3.8, 4) is 17.2 Å². The molecule has 2 unspecified atom stereocenters. The van der Waals surface area contributed by atoms with Crippen LogP contribution in [0.15, 0.2) is 12.1 Å². The van der Waals surface area contributed by atoms with Crippen LogP contribution in [0.1, 0.15) is 51.6 Å². The van der Waals surface area contributed by atoms with Gasteiger partial charge in [-0.1, -0.05) is 19.8 Å². The van der Waals surface area contributed by atoms with E-state index >= 15 is 0 Å². The number of hydrogen-bond acceptors (Lipinski definition) is 4. The second-order valence-corrected chi connectivity index (χ2v) is 5.39. The molecule has 0 fully saturated rings. The molecule has 0 aliphatic heterocycles. The summed E-state index contributed by atoms with van der Waals surface area (Å²) in [6.07, 6.45) is 3.66. The van der Waals surface area contributed by atoms with Gasteiger partial charge < -0.3 is 19.5 Å². The molecule has 0 radical (unpaired) electrons. The average Bonchev–Trinajstić information content (AvgIpc) is 2.51. The Balaban J connectivity index is 2.91. The molecular weight excluding hydrogens is 266 g/mol. The summed E-state index contributed by atoms with van der Waals surface area (Å²) < 4.78 is 16.2. The van der Waals surface area contributed by atoms with Gasteiger partial charge in [0.2, 0.25) is 5.75 Å². The van der Waals surface area contributed by atoms with Crippen LogP contribution in [0.5, 0.6) is 17.2 Å². The molecule has 0 aliphatic rings. The van der Waals surface area contributed by atoms with Gasteiger partial charge in [0.15, 0.2) is 11.5 Å². The lowest BCUT2D eigenvalue weighted by molar-refractivity contribution is 0.322. The number of rotatable bonds is 9. The van der Waals surface area contributed by atoms with Gasteiger partial charge in [0, 0.05) is 12.1 Å². The second-order valence-electron chi connectivity index (χ2n) is 5.39. The summed E-state index contributed by atoms with van der Waals surface area (Å²) in [5, 5.41) is 3.62. The Kier molecular flexibility index (Phi) is 7.37. The number of methoxy groups -OCH3 is 3. The van der Waals surface area contributed by atoms with Crippen LogP contribution in [0.2, 0.25) is 0 Å². The maximum atomic E-state index is 5.41. The molecule has 0 heterocycles. The number of nitrogens with one attached hydrogen (secondary N) is 1. The van der Waals surface area contributed by atoms with E-state index in [1.54, 1.807) is 21.3 Å². The van der Waals surface area contributed by atoms with E-state index in [9.17, 15) is 0 Å². The lowest BCUT2D eigenvalue weighted by atomic mass is 10.0. The maximum Gasteiger partial charge on any atom is 0.203 e. The van der Waals surface area contributed by atoms with Crippen molar-refractivity contribution in [1.29, 1.82) is 0 Å². The van der Waals surface area contributed by atoms with Crippen LogP contribution in [-0.4, -0.2) is 27.4 Å². The quantitative estimate of drug-likeness (QED) is 0.749. The number of unbranched alkanes of at least 4 members (excludes halogenated alkanes) is 1. The molecule has 120 valence electrons. The first-order valence-corrected chi connectivity index (χ1v) is 7.63. The van der Waals surface area contributed by atoms with E-state index in [2.05, 4.69) is 26.1 Å². The van der Waals surface area contributed by atoms with Gasteiger partial charge in [0.05, 0.1) is 21.3 Å². The van der Waals surface area contributed by atoms with Gasteiger partial charge in [-0.3, -0.25) is 0 Å². The SMILES string of the molecule is CCCCC(C)NC(C)c1cc(OC)c(OC)c(OC)c1. The Hall–Kier alpha value is -1.42. The van der Waals surface area contributed by atoms with E-state index in [0.717, 1.165) is 5.56 Å². The van der Waals surface area contributed by atoms with Crippen molar-refractivity contribution in [3.63, 3.8) is 0 Å². The first-order chi connectivity index (χ1) is 10.1. The molecule has 0 saturated carbocycles. The van der Waals surface area contributed by atoms with E-state index in [0.29, 0.717) is 23.3 Å². The molecule has 21 heavy (non-hydrogen) atoms. The predicted molar refractivity (Wildman–Crippen MR) is 86.6 cm³/mol. The van der Waals surface area contributed by atoms with Gasteiger partial charge in [-0.25, -0.2) is 0 Å². The first kappa shape index (κ1) is 17.6. The van der Waals surface area contributed by atoms with Gasteiger partial charge in [-0.15, -0.1) is 0 Å². The van der Waals surface area contributed by atoms with E-state index in [-0.39, 0.29) is 6.04 Å². The summed E-state index contributed by atoms with van der Waals surface area (Å²) in [6.45, 7) is 6.60. The van der Waals surface area contributed by atoms with Crippen LogP contribution >= 0.6 is 0 Å². The first-order valence-electron chi connectivity index (χ1n) is 7.63. The van der Waals surface area contributed by atoms with E-state index in [1.807, 2.05) is 12.1 Å². The summed E-state index contributed by atoms with van der Waals surface area (Å²) in [5.41, 5.74) is 1.13. The molecule has 0 spiro atoms. The lowest BCUT2D eigenvalue weighted by Crippen LogP contribution is -2.28. The summed E-state index contributed by atoms with van der Waals surface area (Å²) in [4.78, 5) is 0. The summed E-state index contributed by atoms with van der Waals surface area (Å²) in [7, 11) is 4.90. The van der Waals surface area contributed by atoms with Crippen LogP contribution in [0, 0.1) is 0 Å². The highest BCUT2D eigenvalue weighted by molar-refractivity contribution is 5.54. The molecule has 4 nitrogen and oxygen atoms in total. The van der Waals surface area contributed by atoms with Crippen LogP contribution in [0.3, 0.4) is 0 Å². The van der Waals surface area contributed by atoms with Gasteiger partial charge in [0.25, 0.3) is 0 Å². The molecule has 0 amide bonds. The van der Waals surface area contributed by atoms with Crippen LogP contribution < -0.4 is 19.5 Å². The number of hydrogen-bond donors (Lipinski definition) is 1. The van der Waals surface area contributed by atoms with Crippen molar-refractivity contribution in [1.82, 2.24) is 5.32 Å². The Bertz CT molecular complexity index is 409. The van der Waals surface area contributed by atoms with Crippen molar-refractivity contribution >= 4 is 0 Å². The molecule has 1 N–H and O–H groups in total. The fourth-order valence-corrected chi connectivity index (χ4v) is 2.47. The number of ether oxygens (including phenoxy) is 3. The molecule has 1 aromatic rings. The van der Waals surface area contributed by atoms with Crippen molar-refractivity contribution in [2.75, 3.05) is 21.3 Å². The second kappa shape index (κ2) is 8.78. The van der Waals surface area contributed by atoms with Gasteiger partial charge in [0.1, 0.15) is 0 Å². The highest BCUT2D eigenvalue weighted by atomic mass is 16.5. The highest BCUT2D eigenvalue weighted by Crippen LogP contribution is 2.39. The Morgan fingerprint density at radius 2 is 1.57 bits per heavy atom. The zero-order chi connectivity index (χ0) is 15.8. The van der Waals surface area contributed by atoms with Gasteiger partial charge in [-0.2, -0.15) is 0 Å². The summed E-state index contributed by atoms with van der Waals surface area (Å²) in [5.74, 6) is 2.03. The van der Waals surface area contributed by atoms with Crippen LogP contribution in [-0.2, 0) is 0 Å². The van der Waals surface area contributed by atoms with Gasteiger partial charge in [-0.05, 0) is 38.0 Å². The monoisotopic (exact) mass is 295 g/mol. The van der Waals surface area contributed by atoms with Crippen LogP contribution in [0.4, 0.5) is 0 Å². The van der Waals surface area contributed by atoms with E-state index < -0.39 is 0 Å². The molecule has 0 saturated heterocycles. The average molecular weight is 295 g/mol. The molecule has 4 heteroatoms. The summed E-state index contributed by atoms with van der Waals surface area (Å²) in [6, 6.07) is 4.72. The molecule has 1 rings (SSSR count). The lowest BCUT2D eigenvalue weighted by Gasteiger charge is -2.22. The third-order valence-electron chi connectivity index (χ3n) is 3.71. The van der Waals surface area contributed by atoms with Crippen LogP contribution in [0.25, 0.3) is 0 Å². The third-order valence-corrected chi connectivity index (χ3v) is 3.71. The minimum absolute atomic E-state index is 0.227. The molecule has 0 aliphatic carbocycles. The summed E-state index contributed by atoms with van der Waals surface area (Å²) >= 11 is 0. The van der Waals surface area contributed by atoms with Crippen molar-refractivity contribution in [3.05, 3.63) is 17.7 Å². The standard InChI is InChI=1S/C17H29NO3/c1-7-8-9-12(2)18-13(3)14-10-15(19-4)17(21-6)16(11-14)20-5/h10-13,18H,7-9H2,1-6H3. The maximum absolute atomic E-state index is 5.41. The largest absolute Gasteiger partial charge is 0.493 e. The molecule has 2 atom stereocenters. The Morgan fingerprint density at radius 1 is 1.00 bits per heavy atom. The minimum atomic E-state index is 0.227. The molecular formula is C17H29NO3. The highest BCUT2D eigenvalue weighted by Gasteiger charge is 2.17. The topological polar surface area (TPSA) is 39.7 Å². The van der Waals surface area contributed by atoms with Crippen molar-refractivity contribution in [2.24, 2.45) is 0 Å². The zero-order valence-corrected chi connectivity index (χ0v) is 14.2. The normalized spacial score (nSPS) is 13.6. The van der Waals surface area contributed by atoms with Gasteiger partial charge >= 0.3 is 0 Å². The van der Waals surface area contributed by atoms with Crippen molar-refractivity contribution in [2.45, 2.75) is 52.1 Å². The Morgan fingerprint density at radius 3 is 2.00 bits per heavy atom. The minimum Gasteiger partial charge on any atom is -0.493 e. The van der Waals surface area contributed by atoms with Crippen molar-refractivity contribution < 1.29 is 14.2 Å². The van der Waals surface area contributed by atoms with E-state index in [1.165, 1.54) is 19.3 Å².